The molecule has 140 valence electrons. The van der Waals surface area contributed by atoms with Gasteiger partial charge in [0, 0.05) is 5.41 Å². The van der Waals surface area contributed by atoms with E-state index < -0.39 is 27.2 Å². The van der Waals surface area contributed by atoms with E-state index in [1.165, 1.54) is 12.1 Å². The van der Waals surface area contributed by atoms with Gasteiger partial charge in [-0.1, -0.05) is 36.4 Å². The van der Waals surface area contributed by atoms with Crippen LogP contribution in [0.25, 0.3) is 0 Å². The van der Waals surface area contributed by atoms with Crippen LogP contribution >= 0.6 is 0 Å². The van der Waals surface area contributed by atoms with Gasteiger partial charge in [-0.2, -0.15) is 5.26 Å². The van der Waals surface area contributed by atoms with Crippen LogP contribution in [0, 0.1) is 11.3 Å². The molecule has 1 fully saturated rings. The summed E-state index contributed by atoms with van der Waals surface area (Å²) in [6.45, 7) is 0.496. The molecule has 1 saturated heterocycles. The predicted molar refractivity (Wildman–Crippen MR) is 102 cm³/mol. The summed E-state index contributed by atoms with van der Waals surface area (Å²) in [7, 11) is -3.68. The molecule has 0 radical (unpaired) electrons. The Morgan fingerprint density at radius 3 is 2.63 bits per heavy atom. The van der Waals surface area contributed by atoms with Gasteiger partial charge in [0.15, 0.2) is 9.84 Å². The number of primary amides is 1. The van der Waals surface area contributed by atoms with Crippen LogP contribution in [0.1, 0.15) is 24.0 Å². The summed E-state index contributed by atoms with van der Waals surface area (Å²) in [4.78, 5) is 11.9. The average Bonchev–Trinajstić information content (AvgIpc) is 2.68. The SMILES string of the molecule is N#Cc1cccc(S(=O)(=O)CC2(c3ccccc3)CCNC(C(N)=O)C2)c1. The van der Waals surface area contributed by atoms with Gasteiger partial charge in [0.1, 0.15) is 0 Å². The van der Waals surface area contributed by atoms with Crippen molar-refractivity contribution in [1.29, 1.82) is 5.26 Å². The number of benzene rings is 2. The zero-order valence-electron chi connectivity index (χ0n) is 14.8. The minimum absolute atomic E-state index is 0.117. The van der Waals surface area contributed by atoms with Crippen molar-refractivity contribution in [3.63, 3.8) is 0 Å². The van der Waals surface area contributed by atoms with Gasteiger partial charge >= 0.3 is 0 Å². The number of piperidine rings is 1. The number of hydrogen-bond acceptors (Lipinski definition) is 5. The van der Waals surface area contributed by atoms with E-state index >= 15 is 0 Å². The van der Waals surface area contributed by atoms with Gasteiger partial charge in [-0.15, -0.1) is 0 Å². The molecule has 0 aliphatic carbocycles. The molecule has 7 heteroatoms. The van der Waals surface area contributed by atoms with Crippen LogP contribution in [0.4, 0.5) is 0 Å². The molecule has 6 nitrogen and oxygen atoms in total. The quantitative estimate of drug-likeness (QED) is 0.812. The predicted octanol–water partition coefficient (Wildman–Crippen LogP) is 1.51. The Balaban J connectivity index is 2.04. The van der Waals surface area contributed by atoms with Gasteiger partial charge in [-0.25, -0.2) is 8.42 Å². The van der Waals surface area contributed by atoms with Gasteiger partial charge in [0.2, 0.25) is 5.91 Å². The number of nitrogens with zero attached hydrogens (tertiary/aromatic N) is 1. The monoisotopic (exact) mass is 383 g/mol. The molecule has 1 aliphatic heterocycles. The molecule has 2 atom stereocenters. The average molecular weight is 383 g/mol. The molecule has 1 aliphatic rings. The molecule has 3 N–H and O–H groups in total. The molecular weight excluding hydrogens is 362 g/mol. The Kier molecular flexibility index (Phi) is 5.31. The first kappa shape index (κ1) is 19.1. The van der Waals surface area contributed by atoms with Gasteiger partial charge in [0.05, 0.1) is 28.3 Å². The van der Waals surface area contributed by atoms with Crippen LogP contribution in [0.5, 0.6) is 0 Å². The highest BCUT2D eigenvalue weighted by Crippen LogP contribution is 2.38. The van der Waals surface area contributed by atoms with Crippen molar-refractivity contribution in [3.05, 3.63) is 65.7 Å². The Hall–Kier alpha value is -2.69. The first-order valence-electron chi connectivity index (χ1n) is 8.67. The van der Waals surface area contributed by atoms with Crippen LogP contribution in [-0.2, 0) is 20.0 Å². The maximum Gasteiger partial charge on any atom is 0.234 e. The van der Waals surface area contributed by atoms with Crippen LogP contribution in [0.15, 0.2) is 59.5 Å². The molecule has 1 heterocycles. The minimum atomic E-state index is -3.68. The molecule has 0 spiro atoms. The fourth-order valence-electron chi connectivity index (χ4n) is 3.73. The topological polar surface area (TPSA) is 113 Å². The lowest BCUT2D eigenvalue weighted by Crippen LogP contribution is -2.54. The molecule has 0 aromatic heterocycles. The molecule has 0 bridgehead atoms. The van der Waals surface area contributed by atoms with Crippen LogP contribution in [0.3, 0.4) is 0 Å². The van der Waals surface area contributed by atoms with Crippen molar-refractivity contribution in [2.45, 2.75) is 29.2 Å². The Morgan fingerprint density at radius 1 is 1.22 bits per heavy atom. The summed E-state index contributed by atoms with van der Waals surface area (Å²) in [6, 6.07) is 16.8. The number of sulfone groups is 1. The Bertz CT molecular complexity index is 983. The summed E-state index contributed by atoms with van der Waals surface area (Å²) in [5, 5.41) is 12.1. The number of carbonyl (C=O) groups excluding carboxylic acids is 1. The largest absolute Gasteiger partial charge is 0.368 e. The van der Waals surface area contributed by atoms with E-state index in [1.807, 2.05) is 36.4 Å². The molecule has 2 unspecified atom stereocenters. The fourth-order valence-corrected chi connectivity index (χ4v) is 5.64. The van der Waals surface area contributed by atoms with Crippen molar-refractivity contribution in [2.75, 3.05) is 12.3 Å². The molecule has 3 rings (SSSR count). The number of nitriles is 1. The van der Waals surface area contributed by atoms with Crippen LogP contribution in [-0.4, -0.2) is 32.7 Å². The van der Waals surface area contributed by atoms with Gasteiger partial charge in [-0.3, -0.25) is 4.79 Å². The highest BCUT2D eigenvalue weighted by molar-refractivity contribution is 7.91. The van der Waals surface area contributed by atoms with E-state index in [2.05, 4.69) is 5.32 Å². The van der Waals surface area contributed by atoms with Crippen molar-refractivity contribution in [1.82, 2.24) is 5.32 Å². The maximum absolute atomic E-state index is 13.2. The normalized spacial score (nSPS) is 22.7. The van der Waals surface area contributed by atoms with E-state index in [4.69, 9.17) is 11.0 Å². The van der Waals surface area contributed by atoms with Crippen LogP contribution < -0.4 is 11.1 Å². The Labute approximate surface area is 158 Å². The third-order valence-electron chi connectivity index (χ3n) is 5.11. The number of nitrogens with one attached hydrogen (secondary N) is 1. The van der Waals surface area contributed by atoms with E-state index in [1.54, 1.807) is 12.1 Å². The standard InChI is InChI=1S/C20H21N3O3S/c21-13-15-5-4-8-17(11-15)27(25,26)14-20(16-6-2-1-3-7-16)9-10-23-18(12-20)19(22)24/h1-8,11,18,23H,9-10,12,14H2,(H2,22,24). The molecular formula is C20H21N3O3S. The zero-order chi connectivity index (χ0) is 19.5. The number of hydrogen-bond donors (Lipinski definition) is 2. The molecule has 2 aromatic rings. The smallest absolute Gasteiger partial charge is 0.234 e. The van der Waals surface area contributed by atoms with Crippen molar-refractivity contribution in [2.24, 2.45) is 5.73 Å². The second kappa shape index (κ2) is 7.51. The lowest BCUT2D eigenvalue weighted by atomic mass is 9.72. The van der Waals surface area contributed by atoms with E-state index in [-0.39, 0.29) is 10.6 Å². The summed E-state index contributed by atoms with van der Waals surface area (Å²) < 4.78 is 26.4. The number of nitrogens with two attached hydrogens (primary N) is 1. The van der Waals surface area contributed by atoms with Gasteiger partial charge in [-0.05, 0) is 43.1 Å². The third kappa shape index (κ3) is 4.02. The lowest BCUT2D eigenvalue weighted by molar-refractivity contribution is -0.121. The van der Waals surface area contributed by atoms with Crippen molar-refractivity contribution < 1.29 is 13.2 Å². The lowest BCUT2D eigenvalue weighted by Gasteiger charge is -2.41. The molecule has 2 aromatic carbocycles. The van der Waals surface area contributed by atoms with Crippen molar-refractivity contribution >= 4 is 15.7 Å². The molecule has 1 amide bonds. The minimum Gasteiger partial charge on any atom is -0.368 e. The second-order valence-corrected chi connectivity index (χ2v) is 8.90. The van der Waals surface area contributed by atoms with E-state index in [0.717, 1.165) is 5.56 Å². The molecule has 27 heavy (non-hydrogen) atoms. The Morgan fingerprint density at radius 2 is 1.96 bits per heavy atom. The first-order chi connectivity index (χ1) is 12.9. The first-order valence-corrected chi connectivity index (χ1v) is 10.3. The number of rotatable bonds is 5. The van der Waals surface area contributed by atoms with E-state index in [9.17, 15) is 13.2 Å². The van der Waals surface area contributed by atoms with Crippen molar-refractivity contribution in [3.8, 4) is 6.07 Å². The van der Waals surface area contributed by atoms with Gasteiger partial charge < -0.3 is 11.1 Å². The summed E-state index contributed by atoms with van der Waals surface area (Å²) in [5.41, 5.74) is 5.93. The second-order valence-electron chi connectivity index (χ2n) is 6.91. The van der Waals surface area contributed by atoms with Gasteiger partial charge in [0.25, 0.3) is 0 Å². The highest BCUT2D eigenvalue weighted by Gasteiger charge is 2.43. The van der Waals surface area contributed by atoms with E-state index in [0.29, 0.717) is 24.9 Å². The number of carbonyl (C=O) groups is 1. The fraction of sp³-hybridized carbons (Fsp3) is 0.300. The maximum atomic E-state index is 13.2. The highest BCUT2D eigenvalue weighted by atomic mass is 32.2. The summed E-state index contributed by atoms with van der Waals surface area (Å²) in [6.07, 6.45) is 0.876. The van der Waals surface area contributed by atoms with Crippen LogP contribution in [0.2, 0.25) is 0 Å². The zero-order valence-corrected chi connectivity index (χ0v) is 15.6. The third-order valence-corrected chi connectivity index (χ3v) is 7.01. The summed E-state index contributed by atoms with van der Waals surface area (Å²) >= 11 is 0. The number of amides is 1. The summed E-state index contributed by atoms with van der Waals surface area (Å²) in [5.74, 6) is -0.636. The molecule has 0 saturated carbocycles.